The zero-order valence-electron chi connectivity index (χ0n) is 19.8. The number of carbonyl (C=O) groups excluding carboxylic acids is 1. The van der Waals surface area contributed by atoms with Gasteiger partial charge < -0.3 is 15.0 Å². The number of benzene rings is 1. The Bertz CT molecular complexity index is 963. The second-order valence-electron chi connectivity index (χ2n) is 9.75. The van der Waals surface area contributed by atoms with Gasteiger partial charge in [0.2, 0.25) is 5.91 Å². The Balaban J connectivity index is 1.21. The van der Waals surface area contributed by atoms with Gasteiger partial charge in [0.25, 0.3) is 0 Å². The van der Waals surface area contributed by atoms with E-state index in [0.29, 0.717) is 19.8 Å². The molecule has 0 atom stereocenters. The van der Waals surface area contributed by atoms with Gasteiger partial charge in [-0.1, -0.05) is 12.1 Å². The highest BCUT2D eigenvalue weighted by atomic mass is 16.5. The molecule has 4 heterocycles. The average Bonchev–Trinajstić information content (AvgIpc) is 3.39. The molecule has 1 N–H and O–H groups in total. The molecule has 3 aliphatic heterocycles. The number of pyridine rings is 1. The minimum absolute atomic E-state index is 0.0823. The van der Waals surface area contributed by atoms with Crippen LogP contribution < -0.4 is 10.2 Å². The van der Waals surface area contributed by atoms with Crippen molar-refractivity contribution in [2.75, 3.05) is 37.7 Å². The molecule has 33 heavy (non-hydrogen) atoms. The van der Waals surface area contributed by atoms with Gasteiger partial charge in [0, 0.05) is 76.0 Å². The average molecular weight is 449 g/mol. The SMILES string of the molecule is Cc1ncc2c(c1CNC(=O)C1CCOCC1)CCN(Cc1ccc(N3CCCC3)cc1)C2. The predicted molar refractivity (Wildman–Crippen MR) is 130 cm³/mol. The van der Waals surface area contributed by atoms with Gasteiger partial charge in [-0.2, -0.15) is 0 Å². The molecule has 5 rings (SSSR count). The van der Waals surface area contributed by atoms with Gasteiger partial charge in [-0.05, 0) is 73.4 Å². The summed E-state index contributed by atoms with van der Waals surface area (Å²) < 4.78 is 5.39. The number of rotatable bonds is 6. The molecule has 0 spiro atoms. The van der Waals surface area contributed by atoms with Crippen LogP contribution in [0, 0.1) is 12.8 Å². The zero-order chi connectivity index (χ0) is 22.6. The van der Waals surface area contributed by atoms with Gasteiger partial charge in [0.1, 0.15) is 0 Å². The van der Waals surface area contributed by atoms with E-state index < -0.39 is 0 Å². The number of fused-ring (bicyclic) bond motifs is 1. The molecule has 2 fully saturated rings. The summed E-state index contributed by atoms with van der Waals surface area (Å²) in [6.45, 7) is 9.30. The Hall–Kier alpha value is -2.44. The summed E-state index contributed by atoms with van der Waals surface area (Å²) in [6, 6.07) is 9.13. The van der Waals surface area contributed by atoms with Gasteiger partial charge in [-0.3, -0.25) is 14.7 Å². The number of ether oxygens (including phenoxy) is 1. The number of hydrogen-bond acceptors (Lipinski definition) is 5. The maximum absolute atomic E-state index is 12.6. The lowest BCUT2D eigenvalue weighted by atomic mass is 9.94. The first kappa shape index (κ1) is 22.4. The van der Waals surface area contributed by atoms with Crippen molar-refractivity contribution in [1.82, 2.24) is 15.2 Å². The predicted octanol–water partition coefficient (Wildman–Crippen LogP) is 3.59. The Kier molecular flexibility index (Phi) is 6.93. The summed E-state index contributed by atoms with van der Waals surface area (Å²) in [5, 5.41) is 3.19. The Morgan fingerprint density at radius 3 is 2.64 bits per heavy atom. The highest BCUT2D eigenvalue weighted by molar-refractivity contribution is 5.78. The van der Waals surface area contributed by atoms with Gasteiger partial charge in [-0.15, -0.1) is 0 Å². The van der Waals surface area contributed by atoms with Crippen molar-refractivity contribution in [3.63, 3.8) is 0 Å². The lowest BCUT2D eigenvalue weighted by molar-refractivity contribution is -0.128. The molecule has 0 bridgehead atoms. The molecule has 2 saturated heterocycles. The van der Waals surface area contributed by atoms with E-state index in [9.17, 15) is 4.79 Å². The summed E-state index contributed by atoms with van der Waals surface area (Å²) in [4.78, 5) is 22.3. The van der Waals surface area contributed by atoms with E-state index in [1.807, 2.05) is 6.20 Å². The Morgan fingerprint density at radius 2 is 1.88 bits per heavy atom. The Morgan fingerprint density at radius 1 is 1.12 bits per heavy atom. The summed E-state index contributed by atoms with van der Waals surface area (Å²) in [5.74, 6) is 0.240. The van der Waals surface area contributed by atoms with E-state index in [2.05, 4.69) is 51.3 Å². The molecule has 0 radical (unpaired) electrons. The summed E-state index contributed by atoms with van der Waals surface area (Å²) in [6.07, 6.45) is 7.31. The van der Waals surface area contributed by atoms with Crippen LogP contribution in [0.1, 0.15) is 53.6 Å². The van der Waals surface area contributed by atoms with Crippen molar-refractivity contribution in [1.29, 1.82) is 0 Å². The molecule has 2 aromatic rings. The number of anilines is 1. The van der Waals surface area contributed by atoms with Gasteiger partial charge in [0.15, 0.2) is 0 Å². The number of nitrogens with zero attached hydrogens (tertiary/aromatic N) is 3. The van der Waals surface area contributed by atoms with E-state index >= 15 is 0 Å². The molecular formula is C27H36N4O2. The maximum Gasteiger partial charge on any atom is 0.223 e. The van der Waals surface area contributed by atoms with E-state index in [1.54, 1.807) is 0 Å². The van der Waals surface area contributed by atoms with Crippen LogP contribution in [0.15, 0.2) is 30.5 Å². The van der Waals surface area contributed by atoms with Gasteiger partial charge in [0.05, 0.1) is 0 Å². The third-order valence-electron chi connectivity index (χ3n) is 7.52. The molecule has 1 aromatic heterocycles. The van der Waals surface area contributed by atoms with E-state index in [4.69, 9.17) is 4.74 Å². The van der Waals surface area contributed by atoms with Gasteiger partial charge in [-0.25, -0.2) is 0 Å². The van der Waals surface area contributed by atoms with Crippen LogP contribution in [0.5, 0.6) is 0 Å². The van der Waals surface area contributed by atoms with E-state index in [1.165, 1.54) is 53.9 Å². The zero-order valence-corrected chi connectivity index (χ0v) is 19.8. The smallest absolute Gasteiger partial charge is 0.223 e. The monoisotopic (exact) mass is 448 g/mol. The van der Waals surface area contributed by atoms with Crippen LogP contribution >= 0.6 is 0 Å². The minimum Gasteiger partial charge on any atom is -0.381 e. The van der Waals surface area contributed by atoms with Crippen molar-refractivity contribution in [2.45, 2.75) is 58.7 Å². The van der Waals surface area contributed by atoms with E-state index in [0.717, 1.165) is 44.6 Å². The number of nitrogens with one attached hydrogen (secondary N) is 1. The number of aromatic nitrogens is 1. The first-order chi connectivity index (χ1) is 16.2. The topological polar surface area (TPSA) is 57.7 Å². The highest BCUT2D eigenvalue weighted by Gasteiger charge is 2.24. The number of hydrogen-bond donors (Lipinski definition) is 1. The fourth-order valence-corrected chi connectivity index (χ4v) is 5.48. The van der Waals surface area contributed by atoms with Crippen LogP contribution in [-0.4, -0.2) is 48.6 Å². The molecule has 6 heteroatoms. The molecule has 0 saturated carbocycles. The standard InChI is InChI=1S/C27H36N4O2/c1-20-26(17-29-27(32)22-9-14-33-15-10-22)25-8-13-30(19-23(25)16-28-20)18-21-4-6-24(7-5-21)31-11-2-3-12-31/h4-7,16,22H,2-3,8-15,17-19H2,1H3,(H,29,32). The van der Waals surface area contributed by atoms with Crippen molar-refractivity contribution in [2.24, 2.45) is 5.92 Å². The first-order valence-corrected chi connectivity index (χ1v) is 12.6. The maximum atomic E-state index is 12.6. The molecular weight excluding hydrogens is 412 g/mol. The molecule has 176 valence electrons. The molecule has 6 nitrogen and oxygen atoms in total. The summed E-state index contributed by atoms with van der Waals surface area (Å²) in [5.41, 5.74) is 7.65. The van der Waals surface area contributed by atoms with Crippen molar-refractivity contribution >= 4 is 11.6 Å². The lowest BCUT2D eigenvalue weighted by Crippen LogP contribution is -2.35. The molecule has 0 unspecified atom stereocenters. The van der Waals surface area contributed by atoms with Crippen LogP contribution in [0.2, 0.25) is 0 Å². The largest absolute Gasteiger partial charge is 0.381 e. The van der Waals surface area contributed by atoms with Crippen LogP contribution in [0.3, 0.4) is 0 Å². The summed E-state index contributed by atoms with van der Waals surface area (Å²) >= 11 is 0. The lowest BCUT2D eigenvalue weighted by Gasteiger charge is -2.31. The molecule has 1 amide bonds. The Labute approximate surface area is 197 Å². The molecule has 1 aromatic carbocycles. The third-order valence-corrected chi connectivity index (χ3v) is 7.52. The van der Waals surface area contributed by atoms with Gasteiger partial charge >= 0.3 is 0 Å². The van der Waals surface area contributed by atoms with Crippen molar-refractivity contribution in [3.8, 4) is 0 Å². The summed E-state index contributed by atoms with van der Waals surface area (Å²) in [7, 11) is 0. The van der Waals surface area contributed by atoms with Crippen LogP contribution in [-0.2, 0) is 35.6 Å². The second-order valence-corrected chi connectivity index (χ2v) is 9.75. The normalized spacial score (nSPS) is 19.5. The van der Waals surface area contributed by atoms with E-state index in [-0.39, 0.29) is 11.8 Å². The minimum atomic E-state index is 0.0823. The highest BCUT2D eigenvalue weighted by Crippen LogP contribution is 2.26. The second kappa shape index (κ2) is 10.2. The molecule has 3 aliphatic rings. The molecule has 0 aliphatic carbocycles. The number of aryl methyl sites for hydroxylation is 1. The number of amides is 1. The van der Waals surface area contributed by atoms with Crippen molar-refractivity contribution < 1.29 is 9.53 Å². The van der Waals surface area contributed by atoms with Crippen molar-refractivity contribution in [3.05, 3.63) is 58.4 Å². The fraction of sp³-hybridized carbons (Fsp3) is 0.556. The number of carbonyl (C=O) groups is 1. The first-order valence-electron chi connectivity index (χ1n) is 12.6. The van der Waals surface area contributed by atoms with Crippen LogP contribution in [0.4, 0.5) is 5.69 Å². The third kappa shape index (κ3) is 5.22. The fourth-order valence-electron chi connectivity index (χ4n) is 5.48. The van der Waals surface area contributed by atoms with Crippen LogP contribution in [0.25, 0.3) is 0 Å². The quantitative estimate of drug-likeness (QED) is 0.732.